The van der Waals surface area contributed by atoms with Gasteiger partial charge in [0.05, 0.1) is 35.1 Å². The second-order valence-corrected chi connectivity index (χ2v) is 9.89. The van der Waals surface area contributed by atoms with E-state index in [4.69, 9.17) is 26.2 Å². The van der Waals surface area contributed by atoms with Crippen molar-refractivity contribution in [3.8, 4) is 5.75 Å². The minimum absolute atomic E-state index is 0.275. The Bertz CT molecular complexity index is 1400. The molecule has 0 N–H and O–H groups in total. The fraction of sp³-hybridized carbons (Fsp3) is 0.233. The van der Waals surface area contributed by atoms with E-state index in [9.17, 15) is 4.79 Å². The van der Waals surface area contributed by atoms with E-state index in [-0.39, 0.29) is 5.97 Å². The van der Waals surface area contributed by atoms with Crippen LogP contribution in [0.3, 0.4) is 0 Å². The van der Waals surface area contributed by atoms with Crippen LogP contribution in [0, 0.1) is 5.41 Å². The lowest BCUT2D eigenvalue weighted by molar-refractivity contribution is -0.150. The first-order chi connectivity index (χ1) is 17.7. The zero-order valence-corrected chi connectivity index (χ0v) is 22.2. The second-order valence-electron chi connectivity index (χ2n) is 9.45. The van der Waals surface area contributed by atoms with Crippen molar-refractivity contribution in [3.05, 3.63) is 95.6 Å². The molecule has 4 rings (SSSR count). The van der Waals surface area contributed by atoms with Gasteiger partial charge in [-0.05, 0) is 81.4 Å². The Kier molecular flexibility index (Phi) is 8.09. The molecule has 0 amide bonds. The second kappa shape index (κ2) is 11.4. The van der Waals surface area contributed by atoms with Gasteiger partial charge in [-0.25, -0.2) is 9.99 Å². The molecule has 0 aliphatic rings. The SMILES string of the molecule is COC(=O)C(C)(C)C/C(C)=N/N(c1ccc(Cl)cc1)c1ccc(OCc2ccc3ccccc3n2)cc1. The Hall–Kier alpha value is -3.90. The van der Waals surface area contributed by atoms with Crippen molar-refractivity contribution in [2.24, 2.45) is 10.5 Å². The number of nitrogens with zero attached hydrogens (tertiary/aromatic N) is 3. The van der Waals surface area contributed by atoms with Gasteiger partial charge < -0.3 is 9.47 Å². The predicted octanol–water partition coefficient (Wildman–Crippen LogP) is 7.57. The summed E-state index contributed by atoms with van der Waals surface area (Å²) in [5.41, 5.74) is 3.58. The van der Waals surface area contributed by atoms with Crippen LogP contribution in [0.2, 0.25) is 5.02 Å². The molecule has 0 bridgehead atoms. The number of carbonyl (C=O) groups excluding carboxylic acids is 1. The van der Waals surface area contributed by atoms with Gasteiger partial charge in [0, 0.05) is 22.5 Å². The molecule has 3 aromatic carbocycles. The summed E-state index contributed by atoms with van der Waals surface area (Å²) in [5, 5.41) is 8.42. The highest BCUT2D eigenvalue weighted by Crippen LogP contribution is 2.30. The van der Waals surface area contributed by atoms with E-state index in [0.717, 1.165) is 39.4 Å². The molecule has 37 heavy (non-hydrogen) atoms. The van der Waals surface area contributed by atoms with Gasteiger partial charge in [-0.15, -0.1) is 0 Å². The summed E-state index contributed by atoms with van der Waals surface area (Å²) in [7, 11) is 1.40. The zero-order valence-electron chi connectivity index (χ0n) is 21.4. The van der Waals surface area contributed by atoms with Crippen LogP contribution in [0.25, 0.3) is 10.9 Å². The predicted molar refractivity (Wildman–Crippen MR) is 150 cm³/mol. The van der Waals surface area contributed by atoms with E-state index < -0.39 is 5.41 Å². The lowest BCUT2D eigenvalue weighted by atomic mass is 9.87. The van der Waals surface area contributed by atoms with Gasteiger partial charge in [0.2, 0.25) is 0 Å². The fourth-order valence-corrected chi connectivity index (χ4v) is 4.20. The van der Waals surface area contributed by atoms with Gasteiger partial charge in [-0.3, -0.25) is 4.79 Å². The Morgan fingerprint density at radius 2 is 1.59 bits per heavy atom. The average molecular weight is 516 g/mol. The Labute approximate surface area is 222 Å². The minimum atomic E-state index is -0.692. The summed E-state index contributed by atoms with van der Waals surface area (Å²) in [6, 6.07) is 27.2. The number of hydrazone groups is 1. The number of para-hydroxylation sites is 1. The lowest BCUT2D eigenvalue weighted by Gasteiger charge is -2.24. The van der Waals surface area contributed by atoms with Crippen molar-refractivity contribution >= 4 is 45.6 Å². The standard InChI is InChI=1S/C30H30ClN3O3/c1-21(19-30(2,3)29(35)36-4)33-34(25-13-10-23(31)11-14-25)26-15-17-27(18-16-26)37-20-24-12-9-22-7-5-6-8-28(22)32-24/h5-18H,19-20H2,1-4H3/b33-21+. The first-order valence-electron chi connectivity index (χ1n) is 12.0. The number of methoxy groups -OCH3 is 1. The van der Waals surface area contributed by atoms with Crippen LogP contribution in [-0.2, 0) is 16.1 Å². The molecule has 0 atom stereocenters. The van der Waals surface area contributed by atoms with Crippen molar-refractivity contribution in [3.63, 3.8) is 0 Å². The van der Waals surface area contributed by atoms with Crippen LogP contribution in [-0.4, -0.2) is 23.8 Å². The fourth-order valence-electron chi connectivity index (χ4n) is 4.07. The van der Waals surface area contributed by atoms with Crippen LogP contribution < -0.4 is 9.75 Å². The third kappa shape index (κ3) is 6.66. The third-order valence-corrected chi connectivity index (χ3v) is 6.15. The molecule has 0 radical (unpaired) electrons. The third-order valence-electron chi connectivity index (χ3n) is 5.90. The van der Waals surface area contributed by atoms with Gasteiger partial charge in [0.15, 0.2) is 0 Å². The van der Waals surface area contributed by atoms with Gasteiger partial charge in [0.25, 0.3) is 0 Å². The number of aromatic nitrogens is 1. The van der Waals surface area contributed by atoms with E-state index in [1.807, 2.05) is 105 Å². The zero-order chi connectivity index (χ0) is 26.4. The topological polar surface area (TPSA) is 64.0 Å². The highest BCUT2D eigenvalue weighted by Gasteiger charge is 2.29. The number of hydrogen-bond donors (Lipinski definition) is 0. The molecule has 0 unspecified atom stereocenters. The summed E-state index contributed by atoms with van der Waals surface area (Å²) < 4.78 is 10.9. The number of benzene rings is 3. The van der Waals surface area contributed by atoms with Crippen molar-refractivity contribution in [1.82, 2.24) is 4.98 Å². The summed E-state index contributed by atoms with van der Waals surface area (Å²) in [4.78, 5) is 16.8. The quantitative estimate of drug-likeness (QED) is 0.131. The molecule has 0 fully saturated rings. The van der Waals surface area contributed by atoms with Crippen molar-refractivity contribution < 1.29 is 14.3 Å². The summed E-state index contributed by atoms with van der Waals surface area (Å²) in [6.07, 6.45) is 0.448. The van der Waals surface area contributed by atoms with Gasteiger partial charge in [-0.1, -0.05) is 35.9 Å². The molecule has 0 aliphatic heterocycles. The van der Waals surface area contributed by atoms with E-state index >= 15 is 0 Å². The molecule has 0 saturated heterocycles. The monoisotopic (exact) mass is 515 g/mol. The smallest absolute Gasteiger partial charge is 0.311 e. The van der Waals surface area contributed by atoms with E-state index in [0.29, 0.717) is 18.1 Å². The van der Waals surface area contributed by atoms with Crippen LogP contribution in [0.1, 0.15) is 32.9 Å². The van der Waals surface area contributed by atoms with E-state index in [1.165, 1.54) is 7.11 Å². The van der Waals surface area contributed by atoms with Gasteiger partial charge >= 0.3 is 5.97 Å². The largest absolute Gasteiger partial charge is 0.487 e. The summed E-state index contributed by atoms with van der Waals surface area (Å²) in [6.45, 7) is 5.97. The van der Waals surface area contributed by atoms with Gasteiger partial charge in [-0.2, -0.15) is 5.10 Å². The first kappa shape index (κ1) is 26.2. The van der Waals surface area contributed by atoms with Crippen LogP contribution in [0.5, 0.6) is 5.75 Å². The minimum Gasteiger partial charge on any atom is -0.487 e. The molecule has 1 aromatic heterocycles. The first-order valence-corrected chi connectivity index (χ1v) is 12.4. The Morgan fingerprint density at radius 1 is 0.946 bits per heavy atom. The maximum Gasteiger partial charge on any atom is 0.311 e. The Balaban J connectivity index is 1.53. The number of rotatable bonds is 9. The number of carbonyl (C=O) groups is 1. The molecule has 0 aliphatic carbocycles. The van der Waals surface area contributed by atoms with E-state index in [1.54, 1.807) is 0 Å². The maximum absolute atomic E-state index is 12.2. The number of halogens is 1. The van der Waals surface area contributed by atoms with Crippen molar-refractivity contribution in [2.75, 3.05) is 12.1 Å². The number of esters is 1. The highest BCUT2D eigenvalue weighted by molar-refractivity contribution is 6.30. The number of hydrogen-bond acceptors (Lipinski definition) is 6. The van der Waals surface area contributed by atoms with Crippen molar-refractivity contribution in [2.45, 2.75) is 33.8 Å². The number of ether oxygens (including phenoxy) is 2. The molecular formula is C30H30ClN3O3. The number of anilines is 2. The van der Waals surface area contributed by atoms with Crippen LogP contribution >= 0.6 is 11.6 Å². The number of pyridine rings is 1. The molecule has 4 aromatic rings. The normalized spacial score (nSPS) is 11.9. The van der Waals surface area contributed by atoms with Gasteiger partial charge in [0.1, 0.15) is 12.4 Å². The summed E-state index contributed by atoms with van der Waals surface area (Å²) in [5.74, 6) is 0.449. The van der Waals surface area contributed by atoms with E-state index in [2.05, 4.69) is 11.1 Å². The summed E-state index contributed by atoms with van der Waals surface area (Å²) >= 11 is 6.12. The molecule has 1 heterocycles. The van der Waals surface area contributed by atoms with Crippen molar-refractivity contribution in [1.29, 1.82) is 0 Å². The average Bonchev–Trinajstić information content (AvgIpc) is 2.90. The van der Waals surface area contributed by atoms with Crippen LogP contribution in [0.4, 0.5) is 11.4 Å². The molecule has 7 heteroatoms. The van der Waals surface area contributed by atoms with Crippen LogP contribution in [0.15, 0.2) is 90.0 Å². The maximum atomic E-state index is 12.2. The molecular weight excluding hydrogens is 486 g/mol. The Morgan fingerprint density at radius 3 is 2.27 bits per heavy atom. The molecule has 190 valence electrons. The highest BCUT2D eigenvalue weighted by atomic mass is 35.5. The molecule has 0 saturated carbocycles. The number of fused-ring (bicyclic) bond motifs is 1. The molecule has 6 nitrogen and oxygen atoms in total. The molecule has 0 spiro atoms. The lowest BCUT2D eigenvalue weighted by Crippen LogP contribution is -2.28.